The molecule has 2 rings (SSSR count). The number of carbonyl (C=O) groups is 1. The maximum absolute atomic E-state index is 11.6. The summed E-state index contributed by atoms with van der Waals surface area (Å²) in [6.45, 7) is 2.40. The second-order valence-corrected chi connectivity index (χ2v) is 4.64. The SMILES string of the molecule is CCCC(=O)NCc1c(Cl)cccc1-n1ccnc1. The van der Waals surface area contributed by atoms with Gasteiger partial charge in [0, 0.05) is 35.9 Å². The molecule has 0 saturated heterocycles. The van der Waals surface area contributed by atoms with Crippen molar-refractivity contribution in [1.82, 2.24) is 14.9 Å². The van der Waals surface area contributed by atoms with Gasteiger partial charge in [-0.2, -0.15) is 0 Å². The Morgan fingerprint density at radius 2 is 2.32 bits per heavy atom. The molecule has 2 aromatic rings. The van der Waals surface area contributed by atoms with Crippen LogP contribution in [0.25, 0.3) is 5.69 Å². The zero-order valence-corrected chi connectivity index (χ0v) is 11.5. The highest BCUT2D eigenvalue weighted by Gasteiger charge is 2.09. The Morgan fingerprint density at radius 1 is 1.47 bits per heavy atom. The number of carbonyl (C=O) groups excluding carboxylic acids is 1. The van der Waals surface area contributed by atoms with E-state index in [1.807, 2.05) is 35.9 Å². The quantitative estimate of drug-likeness (QED) is 0.913. The zero-order valence-electron chi connectivity index (χ0n) is 10.8. The molecule has 0 aliphatic carbocycles. The molecule has 1 N–H and O–H groups in total. The normalized spacial score (nSPS) is 10.4. The lowest BCUT2D eigenvalue weighted by molar-refractivity contribution is -0.121. The van der Waals surface area contributed by atoms with Gasteiger partial charge in [0.1, 0.15) is 0 Å². The van der Waals surface area contributed by atoms with Crippen LogP contribution < -0.4 is 5.32 Å². The van der Waals surface area contributed by atoms with Crippen LogP contribution in [0.1, 0.15) is 25.3 Å². The first-order chi connectivity index (χ1) is 9.22. The van der Waals surface area contributed by atoms with Crippen molar-refractivity contribution in [3.05, 3.63) is 47.5 Å². The molecule has 1 amide bonds. The predicted octanol–water partition coefficient (Wildman–Crippen LogP) is 2.94. The molecule has 1 heterocycles. The van der Waals surface area contributed by atoms with Crippen LogP contribution in [0, 0.1) is 0 Å². The van der Waals surface area contributed by atoms with Crippen molar-refractivity contribution in [2.75, 3.05) is 0 Å². The fourth-order valence-corrected chi connectivity index (χ4v) is 2.10. The van der Waals surface area contributed by atoms with Crippen LogP contribution in [0.3, 0.4) is 0 Å². The number of aromatic nitrogens is 2. The molecule has 0 saturated carbocycles. The van der Waals surface area contributed by atoms with Gasteiger partial charge in [0.25, 0.3) is 0 Å². The standard InChI is InChI=1S/C14H16ClN3O/c1-2-4-14(19)17-9-11-12(15)5-3-6-13(11)18-8-7-16-10-18/h3,5-8,10H,2,4,9H2,1H3,(H,17,19). The van der Waals surface area contributed by atoms with E-state index in [0.717, 1.165) is 17.7 Å². The third-order valence-corrected chi connectivity index (χ3v) is 3.17. The highest BCUT2D eigenvalue weighted by Crippen LogP contribution is 2.23. The van der Waals surface area contributed by atoms with Crippen molar-refractivity contribution in [3.63, 3.8) is 0 Å². The minimum absolute atomic E-state index is 0.0407. The lowest BCUT2D eigenvalue weighted by atomic mass is 10.1. The highest BCUT2D eigenvalue weighted by atomic mass is 35.5. The number of nitrogens with zero attached hydrogens (tertiary/aromatic N) is 2. The predicted molar refractivity (Wildman–Crippen MR) is 75.3 cm³/mol. The van der Waals surface area contributed by atoms with Gasteiger partial charge >= 0.3 is 0 Å². The smallest absolute Gasteiger partial charge is 0.220 e. The van der Waals surface area contributed by atoms with Crippen LogP contribution in [-0.2, 0) is 11.3 Å². The van der Waals surface area contributed by atoms with Crippen LogP contribution in [-0.4, -0.2) is 15.5 Å². The third kappa shape index (κ3) is 3.35. The Balaban J connectivity index is 2.22. The van der Waals surface area contributed by atoms with Gasteiger partial charge in [-0.15, -0.1) is 0 Å². The van der Waals surface area contributed by atoms with Crippen molar-refractivity contribution in [3.8, 4) is 5.69 Å². The van der Waals surface area contributed by atoms with E-state index in [-0.39, 0.29) is 5.91 Å². The number of halogens is 1. The van der Waals surface area contributed by atoms with Gasteiger partial charge in [-0.25, -0.2) is 4.98 Å². The van der Waals surface area contributed by atoms with E-state index in [1.165, 1.54) is 0 Å². The van der Waals surface area contributed by atoms with Gasteiger partial charge in [-0.3, -0.25) is 4.79 Å². The number of nitrogens with one attached hydrogen (secondary N) is 1. The summed E-state index contributed by atoms with van der Waals surface area (Å²) in [6, 6.07) is 5.66. The van der Waals surface area contributed by atoms with Crippen molar-refractivity contribution in [2.24, 2.45) is 0 Å². The maximum Gasteiger partial charge on any atom is 0.220 e. The van der Waals surface area contributed by atoms with Gasteiger partial charge in [0.2, 0.25) is 5.91 Å². The van der Waals surface area contributed by atoms with E-state index in [2.05, 4.69) is 10.3 Å². The molecule has 0 aliphatic rings. The summed E-state index contributed by atoms with van der Waals surface area (Å²) in [4.78, 5) is 15.6. The van der Waals surface area contributed by atoms with Gasteiger partial charge in [-0.1, -0.05) is 24.6 Å². The average Bonchev–Trinajstić information content (AvgIpc) is 2.91. The molecule has 1 aromatic heterocycles. The van der Waals surface area contributed by atoms with Crippen LogP contribution in [0.4, 0.5) is 0 Å². The average molecular weight is 278 g/mol. The number of hydrogen-bond acceptors (Lipinski definition) is 2. The largest absolute Gasteiger partial charge is 0.352 e. The molecule has 4 nitrogen and oxygen atoms in total. The van der Waals surface area contributed by atoms with Crippen LogP contribution in [0.15, 0.2) is 36.9 Å². The number of rotatable bonds is 5. The molecule has 0 spiro atoms. The van der Waals surface area contributed by atoms with E-state index in [9.17, 15) is 4.79 Å². The Bertz CT molecular complexity index is 552. The van der Waals surface area contributed by atoms with Crippen molar-refractivity contribution in [1.29, 1.82) is 0 Å². The molecular weight excluding hydrogens is 262 g/mol. The summed E-state index contributed by atoms with van der Waals surface area (Å²) in [5, 5.41) is 3.53. The topological polar surface area (TPSA) is 46.9 Å². The summed E-state index contributed by atoms with van der Waals surface area (Å²) in [7, 11) is 0. The first-order valence-corrected chi connectivity index (χ1v) is 6.62. The first kappa shape index (κ1) is 13.6. The Hall–Kier alpha value is -1.81. The van der Waals surface area contributed by atoms with Crippen LogP contribution in [0.2, 0.25) is 5.02 Å². The fraction of sp³-hybridized carbons (Fsp3) is 0.286. The molecule has 100 valence electrons. The second kappa shape index (κ2) is 6.38. The van der Waals surface area contributed by atoms with E-state index < -0.39 is 0 Å². The monoisotopic (exact) mass is 277 g/mol. The molecule has 1 aromatic carbocycles. The number of amides is 1. The van der Waals surface area contributed by atoms with Crippen molar-refractivity contribution >= 4 is 17.5 Å². The van der Waals surface area contributed by atoms with Crippen molar-refractivity contribution in [2.45, 2.75) is 26.3 Å². The molecule has 0 atom stereocenters. The highest BCUT2D eigenvalue weighted by molar-refractivity contribution is 6.31. The lowest BCUT2D eigenvalue weighted by Gasteiger charge is -2.13. The van der Waals surface area contributed by atoms with Gasteiger partial charge in [-0.05, 0) is 18.6 Å². The van der Waals surface area contributed by atoms with E-state index in [1.54, 1.807) is 12.5 Å². The molecule has 0 unspecified atom stereocenters. The molecule has 0 bridgehead atoms. The van der Waals surface area contributed by atoms with Crippen LogP contribution in [0.5, 0.6) is 0 Å². The summed E-state index contributed by atoms with van der Waals surface area (Å²) in [5.41, 5.74) is 1.83. The minimum Gasteiger partial charge on any atom is -0.352 e. The second-order valence-electron chi connectivity index (χ2n) is 4.23. The Kier molecular flexibility index (Phi) is 4.58. The molecule has 19 heavy (non-hydrogen) atoms. The molecule has 0 aliphatic heterocycles. The summed E-state index contributed by atoms with van der Waals surface area (Å²) >= 11 is 6.22. The Labute approximate surface area is 117 Å². The zero-order chi connectivity index (χ0) is 13.7. The van der Waals surface area contributed by atoms with E-state index in [0.29, 0.717) is 18.0 Å². The summed E-state index contributed by atoms with van der Waals surface area (Å²) in [5.74, 6) is 0.0407. The van der Waals surface area contributed by atoms with Gasteiger partial charge < -0.3 is 9.88 Å². The molecule has 0 radical (unpaired) electrons. The number of imidazole rings is 1. The van der Waals surface area contributed by atoms with Crippen LogP contribution >= 0.6 is 11.6 Å². The third-order valence-electron chi connectivity index (χ3n) is 2.82. The Morgan fingerprint density at radius 3 is 3.00 bits per heavy atom. The number of hydrogen-bond donors (Lipinski definition) is 1. The van der Waals surface area contributed by atoms with Gasteiger partial charge in [0.05, 0.1) is 12.0 Å². The first-order valence-electron chi connectivity index (χ1n) is 6.24. The lowest BCUT2D eigenvalue weighted by Crippen LogP contribution is -2.23. The van der Waals surface area contributed by atoms with E-state index >= 15 is 0 Å². The summed E-state index contributed by atoms with van der Waals surface area (Å²) in [6.07, 6.45) is 6.64. The minimum atomic E-state index is 0.0407. The molecule has 0 fully saturated rings. The maximum atomic E-state index is 11.6. The van der Waals surface area contributed by atoms with Gasteiger partial charge in [0.15, 0.2) is 0 Å². The fourth-order valence-electron chi connectivity index (χ4n) is 1.87. The number of benzene rings is 1. The van der Waals surface area contributed by atoms with E-state index in [4.69, 9.17) is 11.6 Å². The molecule has 5 heteroatoms. The summed E-state index contributed by atoms with van der Waals surface area (Å²) < 4.78 is 1.88. The molecular formula is C14H16ClN3O. The van der Waals surface area contributed by atoms with Crippen molar-refractivity contribution < 1.29 is 4.79 Å².